The Morgan fingerprint density at radius 3 is 2.50 bits per heavy atom. The minimum absolute atomic E-state index is 0.0321. The van der Waals surface area contributed by atoms with Crippen molar-refractivity contribution < 1.29 is 31.5 Å². The van der Waals surface area contributed by atoms with Gasteiger partial charge >= 0.3 is 11.8 Å². The zero-order valence-electron chi connectivity index (χ0n) is 13.4. The van der Waals surface area contributed by atoms with Crippen LogP contribution < -0.4 is 15.1 Å². The van der Waals surface area contributed by atoms with Gasteiger partial charge in [-0.2, -0.15) is 13.2 Å². The van der Waals surface area contributed by atoms with Gasteiger partial charge in [-0.15, -0.1) is 0 Å². The maximum absolute atomic E-state index is 13.6. The van der Waals surface area contributed by atoms with Crippen molar-refractivity contribution in [2.24, 2.45) is 0 Å². The largest absolute Gasteiger partial charge is 0.494 e. The molecule has 0 saturated heterocycles. The van der Waals surface area contributed by atoms with Gasteiger partial charge in [0.15, 0.2) is 11.6 Å². The first-order chi connectivity index (χ1) is 12.3. The number of hydrogen-bond acceptors (Lipinski definition) is 4. The minimum atomic E-state index is -4.68. The molecular weight excluding hydrogens is 356 g/mol. The van der Waals surface area contributed by atoms with Crippen LogP contribution in [0.2, 0.25) is 0 Å². The van der Waals surface area contributed by atoms with E-state index in [0.717, 1.165) is 6.07 Å². The Bertz CT molecular complexity index is 1010. The third kappa shape index (κ3) is 3.63. The summed E-state index contributed by atoms with van der Waals surface area (Å²) in [5, 5.41) is -0.250. The SMILES string of the molecule is COc1ccc(COc2ccc3c(C(F)(F)F)cc(=O)oc3c2)cc1F. The molecular formula is C18H12F4O4. The van der Waals surface area contributed by atoms with Gasteiger partial charge in [-0.3, -0.25) is 0 Å². The smallest absolute Gasteiger partial charge is 0.417 e. The van der Waals surface area contributed by atoms with Gasteiger partial charge in [0.2, 0.25) is 0 Å². The molecule has 136 valence electrons. The molecule has 26 heavy (non-hydrogen) atoms. The molecule has 1 heterocycles. The molecule has 0 N–H and O–H groups in total. The molecule has 4 nitrogen and oxygen atoms in total. The highest BCUT2D eigenvalue weighted by atomic mass is 19.4. The highest BCUT2D eigenvalue weighted by Gasteiger charge is 2.33. The van der Waals surface area contributed by atoms with Crippen LogP contribution in [0.4, 0.5) is 17.6 Å². The predicted octanol–water partition coefficient (Wildman–Crippen LogP) is 4.54. The van der Waals surface area contributed by atoms with Gasteiger partial charge in [-0.1, -0.05) is 6.07 Å². The Kier molecular flexibility index (Phi) is 4.58. The first-order valence-corrected chi connectivity index (χ1v) is 7.38. The Balaban J connectivity index is 1.88. The number of methoxy groups -OCH3 is 1. The normalized spacial score (nSPS) is 11.6. The van der Waals surface area contributed by atoms with Crippen molar-refractivity contribution in [3.63, 3.8) is 0 Å². The minimum Gasteiger partial charge on any atom is -0.494 e. The summed E-state index contributed by atoms with van der Waals surface area (Å²) >= 11 is 0. The number of alkyl halides is 3. The second-order valence-corrected chi connectivity index (χ2v) is 5.39. The average Bonchev–Trinajstić information content (AvgIpc) is 2.58. The Morgan fingerprint density at radius 1 is 1.08 bits per heavy atom. The monoisotopic (exact) mass is 368 g/mol. The molecule has 0 radical (unpaired) electrons. The fraction of sp³-hybridized carbons (Fsp3) is 0.167. The van der Waals surface area contributed by atoms with E-state index in [9.17, 15) is 22.4 Å². The van der Waals surface area contributed by atoms with Crippen LogP contribution in [-0.4, -0.2) is 7.11 Å². The topological polar surface area (TPSA) is 48.7 Å². The summed E-state index contributed by atoms with van der Waals surface area (Å²) in [6, 6.07) is 8.31. The molecule has 0 amide bonds. The van der Waals surface area contributed by atoms with Crippen LogP contribution in [0.3, 0.4) is 0 Å². The van der Waals surface area contributed by atoms with Crippen LogP contribution in [0, 0.1) is 5.82 Å². The summed E-state index contributed by atoms with van der Waals surface area (Å²) in [4.78, 5) is 11.4. The van der Waals surface area contributed by atoms with Crippen LogP contribution in [0.1, 0.15) is 11.1 Å². The highest BCUT2D eigenvalue weighted by molar-refractivity contribution is 5.82. The molecule has 3 rings (SSSR count). The summed E-state index contributed by atoms with van der Waals surface area (Å²) in [6.07, 6.45) is -4.68. The number of rotatable bonds is 4. The number of fused-ring (bicyclic) bond motifs is 1. The van der Waals surface area contributed by atoms with E-state index in [1.165, 1.54) is 31.4 Å². The van der Waals surface area contributed by atoms with Crippen molar-refractivity contribution in [2.45, 2.75) is 12.8 Å². The van der Waals surface area contributed by atoms with E-state index in [0.29, 0.717) is 11.6 Å². The van der Waals surface area contributed by atoms with Crippen LogP contribution in [0.25, 0.3) is 11.0 Å². The molecule has 0 unspecified atom stereocenters. The van der Waals surface area contributed by atoms with Gasteiger partial charge in [-0.05, 0) is 29.8 Å². The number of hydrogen-bond donors (Lipinski definition) is 0. The zero-order valence-corrected chi connectivity index (χ0v) is 13.4. The summed E-state index contributed by atoms with van der Waals surface area (Å²) in [5.41, 5.74) is -1.94. The highest BCUT2D eigenvalue weighted by Crippen LogP contribution is 2.35. The summed E-state index contributed by atoms with van der Waals surface area (Å²) < 4.78 is 67.8. The first-order valence-electron chi connectivity index (χ1n) is 7.38. The third-order valence-electron chi connectivity index (χ3n) is 3.64. The molecule has 0 spiro atoms. The zero-order chi connectivity index (χ0) is 18.9. The number of halogens is 4. The quantitative estimate of drug-likeness (QED) is 0.501. The van der Waals surface area contributed by atoms with E-state index in [2.05, 4.69) is 0 Å². The fourth-order valence-corrected chi connectivity index (χ4v) is 2.43. The number of benzene rings is 2. The molecule has 0 aliphatic heterocycles. The van der Waals surface area contributed by atoms with Crippen molar-refractivity contribution in [1.29, 1.82) is 0 Å². The summed E-state index contributed by atoms with van der Waals surface area (Å²) in [7, 11) is 1.34. The predicted molar refractivity (Wildman–Crippen MR) is 84.8 cm³/mol. The van der Waals surface area contributed by atoms with Gasteiger partial charge in [0.1, 0.15) is 17.9 Å². The second-order valence-electron chi connectivity index (χ2n) is 5.39. The maximum Gasteiger partial charge on any atom is 0.417 e. The lowest BCUT2D eigenvalue weighted by Crippen LogP contribution is -2.11. The average molecular weight is 368 g/mol. The van der Waals surface area contributed by atoms with E-state index in [1.807, 2.05) is 0 Å². The molecule has 8 heteroatoms. The lowest BCUT2D eigenvalue weighted by molar-refractivity contribution is -0.136. The van der Waals surface area contributed by atoms with Crippen LogP contribution >= 0.6 is 0 Å². The van der Waals surface area contributed by atoms with Crippen LogP contribution in [0.15, 0.2) is 51.7 Å². The Morgan fingerprint density at radius 2 is 1.85 bits per heavy atom. The van der Waals surface area contributed by atoms with E-state index in [1.54, 1.807) is 6.07 Å². The third-order valence-corrected chi connectivity index (χ3v) is 3.64. The molecule has 2 aromatic carbocycles. The van der Waals surface area contributed by atoms with Crippen molar-refractivity contribution in [3.05, 3.63) is 69.8 Å². The fourth-order valence-electron chi connectivity index (χ4n) is 2.43. The second kappa shape index (κ2) is 6.70. The van der Waals surface area contributed by atoms with Crippen LogP contribution in [-0.2, 0) is 12.8 Å². The van der Waals surface area contributed by atoms with Crippen molar-refractivity contribution >= 4 is 11.0 Å². The summed E-state index contributed by atoms with van der Waals surface area (Å²) in [5.74, 6) is -0.301. The molecule has 0 aliphatic carbocycles. The van der Waals surface area contributed by atoms with Crippen LogP contribution in [0.5, 0.6) is 11.5 Å². The van der Waals surface area contributed by atoms with Gasteiger partial charge in [0.05, 0.1) is 12.7 Å². The molecule has 1 aromatic heterocycles. The standard InChI is InChI=1S/C18H12F4O4/c1-24-15-5-2-10(6-14(15)19)9-25-11-3-4-12-13(18(20,21)22)8-17(23)26-16(12)7-11/h2-8H,9H2,1H3. The molecule has 0 atom stereocenters. The molecule has 0 aliphatic rings. The van der Waals surface area contributed by atoms with Crippen molar-refractivity contribution in [2.75, 3.05) is 7.11 Å². The Hall–Kier alpha value is -3.03. The lowest BCUT2D eigenvalue weighted by Gasteiger charge is -2.11. The summed E-state index contributed by atoms with van der Waals surface area (Å²) in [6.45, 7) is -0.0321. The van der Waals surface area contributed by atoms with Gasteiger partial charge in [0.25, 0.3) is 0 Å². The lowest BCUT2D eigenvalue weighted by atomic mass is 10.1. The molecule has 3 aromatic rings. The van der Waals surface area contributed by atoms with E-state index < -0.39 is 23.2 Å². The van der Waals surface area contributed by atoms with Crippen molar-refractivity contribution in [1.82, 2.24) is 0 Å². The van der Waals surface area contributed by atoms with Crippen molar-refractivity contribution in [3.8, 4) is 11.5 Å². The maximum atomic E-state index is 13.6. The van der Waals surface area contributed by atoms with Gasteiger partial charge in [-0.25, -0.2) is 9.18 Å². The van der Waals surface area contributed by atoms with Gasteiger partial charge in [0, 0.05) is 17.5 Å². The molecule has 0 bridgehead atoms. The molecule has 0 saturated carbocycles. The van der Waals surface area contributed by atoms with E-state index >= 15 is 0 Å². The first kappa shape index (κ1) is 17.8. The Labute approximate surface area is 144 Å². The molecule has 0 fully saturated rings. The van der Waals surface area contributed by atoms with E-state index in [-0.39, 0.29) is 29.1 Å². The number of ether oxygens (including phenoxy) is 2. The van der Waals surface area contributed by atoms with Gasteiger partial charge < -0.3 is 13.9 Å². The van der Waals surface area contributed by atoms with E-state index in [4.69, 9.17) is 13.9 Å².